The summed E-state index contributed by atoms with van der Waals surface area (Å²) in [5.41, 5.74) is 1.12. The summed E-state index contributed by atoms with van der Waals surface area (Å²) in [4.78, 5) is 1.10. The molecule has 7 heteroatoms. The monoisotopic (exact) mass is 343 g/mol. The second-order valence-corrected chi connectivity index (χ2v) is 4.93. The van der Waals surface area contributed by atoms with Crippen LogP contribution in [0, 0.1) is 17.1 Å². The van der Waals surface area contributed by atoms with Crippen molar-refractivity contribution in [2.45, 2.75) is 0 Å². The minimum absolute atomic E-state index is 0.0843. The Morgan fingerprint density at radius 1 is 1.14 bits per heavy atom. The second kappa shape index (κ2) is 5.42. The van der Waals surface area contributed by atoms with Crippen LogP contribution in [0.5, 0.6) is 0 Å². The number of nitriles is 1. The first kappa shape index (κ1) is 13.4. The van der Waals surface area contributed by atoms with Crippen LogP contribution in [-0.4, -0.2) is 20.2 Å². The highest BCUT2D eigenvalue weighted by Gasteiger charge is 2.15. The van der Waals surface area contributed by atoms with E-state index in [1.807, 2.05) is 36.4 Å². The molecule has 3 rings (SSSR count). The van der Waals surface area contributed by atoms with Crippen LogP contribution in [0.4, 0.5) is 4.39 Å². The van der Waals surface area contributed by atoms with E-state index in [4.69, 9.17) is 5.26 Å². The van der Waals surface area contributed by atoms with Gasteiger partial charge in [0, 0.05) is 5.56 Å². The highest BCUT2D eigenvalue weighted by Crippen LogP contribution is 2.25. The number of aromatic nitrogens is 4. The molecule has 21 heavy (non-hydrogen) atoms. The van der Waals surface area contributed by atoms with Crippen molar-refractivity contribution in [3.8, 4) is 23.1 Å². The van der Waals surface area contributed by atoms with Gasteiger partial charge in [-0.1, -0.05) is 30.3 Å². The minimum Gasteiger partial charge on any atom is -0.203 e. The molecule has 0 spiro atoms. The van der Waals surface area contributed by atoms with Crippen molar-refractivity contribution in [1.29, 1.82) is 5.26 Å². The SMILES string of the molecule is N#Cc1ccc(-n2nnc(-c3ccccc3)n2)c(F)c1Br. The van der Waals surface area contributed by atoms with E-state index in [0.29, 0.717) is 5.82 Å². The van der Waals surface area contributed by atoms with Gasteiger partial charge in [-0.15, -0.1) is 15.0 Å². The second-order valence-electron chi connectivity index (χ2n) is 4.14. The number of halogens is 2. The summed E-state index contributed by atoms with van der Waals surface area (Å²) in [6.07, 6.45) is 0. The van der Waals surface area contributed by atoms with Crippen LogP contribution in [0.1, 0.15) is 5.56 Å². The number of benzene rings is 2. The molecule has 0 unspecified atom stereocenters. The van der Waals surface area contributed by atoms with Crippen LogP contribution in [0.15, 0.2) is 46.9 Å². The van der Waals surface area contributed by atoms with Crippen LogP contribution < -0.4 is 0 Å². The van der Waals surface area contributed by atoms with Gasteiger partial charge in [-0.2, -0.15) is 5.26 Å². The van der Waals surface area contributed by atoms with E-state index in [0.717, 1.165) is 10.4 Å². The molecule has 1 aromatic heterocycles. The van der Waals surface area contributed by atoms with Crippen LogP contribution >= 0.6 is 15.9 Å². The van der Waals surface area contributed by atoms with Gasteiger partial charge >= 0.3 is 0 Å². The van der Waals surface area contributed by atoms with Crippen LogP contribution in [0.2, 0.25) is 0 Å². The van der Waals surface area contributed by atoms with Gasteiger partial charge in [0.25, 0.3) is 0 Å². The Balaban J connectivity index is 2.06. The number of rotatable bonds is 2. The Kier molecular flexibility index (Phi) is 3.46. The van der Waals surface area contributed by atoms with E-state index in [1.54, 1.807) is 0 Å². The van der Waals surface area contributed by atoms with E-state index in [2.05, 4.69) is 31.3 Å². The average Bonchev–Trinajstić information content (AvgIpc) is 3.00. The lowest BCUT2D eigenvalue weighted by molar-refractivity contribution is 0.585. The highest BCUT2D eigenvalue weighted by molar-refractivity contribution is 9.10. The van der Waals surface area contributed by atoms with Crippen molar-refractivity contribution in [2.75, 3.05) is 0 Å². The number of hydrogen-bond acceptors (Lipinski definition) is 4. The predicted molar refractivity (Wildman–Crippen MR) is 77.0 cm³/mol. The van der Waals surface area contributed by atoms with Gasteiger partial charge in [0.15, 0.2) is 5.82 Å². The Hall–Kier alpha value is -2.59. The number of tetrazole rings is 1. The lowest BCUT2D eigenvalue weighted by atomic mass is 10.2. The first-order chi connectivity index (χ1) is 10.2. The smallest absolute Gasteiger partial charge is 0.203 e. The number of nitrogens with zero attached hydrogens (tertiary/aromatic N) is 5. The first-order valence-corrected chi connectivity index (χ1v) is 6.74. The molecule has 0 radical (unpaired) electrons. The molecule has 0 N–H and O–H groups in total. The lowest BCUT2D eigenvalue weighted by Crippen LogP contribution is -2.03. The summed E-state index contributed by atoms with van der Waals surface area (Å²) < 4.78 is 14.3. The summed E-state index contributed by atoms with van der Waals surface area (Å²) in [6.45, 7) is 0. The zero-order valence-electron chi connectivity index (χ0n) is 10.5. The Morgan fingerprint density at radius 2 is 1.90 bits per heavy atom. The molecule has 0 amide bonds. The molecule has 0 aliphatic rings. The largest absolute Gasteiger partial charge is 0.205 e. The van der Waals surface area contributed by atoms with Crippen LogP contribution in [0.25, 0.3) is 17.1 Å². The Bertz CT molecular complexity index is 838. The average molecular weight is 344 g/mol. The van der Waals surface area contributed by atoms with Crippen molar-refractivity contribution in [3.05, 3.63) is 58.3 Å². The van der Waals surface area contributed by atoms with Gasteiger partial charge in [0.2, 0.25) is 5.82 Å². The summed E-state index contributed by atoms with van der Waals surface area (Å²) in [5, 5.41) is 20.8. The number of hydrogen-bond donors (Lipinski definition) is 0. The third-order valence-corrected chi connectivity index (χ3v) is 3.62. The molecule has 0 atom stereocenters. The fourth-order valence-electron chi connectivity index (χ4n) is 1.80. The molecule has 2 aromatic carbocycles. The molecule has 0 saturated carbocycles. The van der Waals surface area contributed by atoms with Crippen molar-refractivity contribution in [2.24, 2.45) is 0 Å². The molecule has 0 fully saturated rings. The van der Waals surface area contributed by atoms with Gasteiger partial charge in [-0.05, 0) is 33.3 Å². The van der Waals surface area contributed by atoms with Crippen molar-refractivity contribution < 1.29 is 4.39 Å². The highest BCUT2D eigenvalue weighted by atomic mass is 79.9. The molecule has 0 saturated heterocycles. The summed E-state index contributed by atoms with van der Waals surface area (Å²) in [6, 6.07) is 14.1. The van der Waals surface area contributed by atoms with E-state index in [9.17, 15) is 4.39 Å². The normalized spacial score (nSPS) is 10.3. The summed E-state index contributed by atoms with van der Waals surface area (Å²) in [7, 11) is 0. The maximum atomic E-state index is 14.2. The van der Waals surface area contributed by atoms with Gasteiger partial charge in [-0.3, -0.25) is 0 Å². The van der Waals surface area contributed by atoms with Gasteiger partial charge < -0.3 is 0 Å². The maximum Gasteiger partial charge on any atom is 0.205 e. The molecular formula is C14H7BrFN5. The van der Waals surface area contributed by atoms with Crippen molar-refractivity contribution >= 4 is 15.9 Å². The van der Waals surface area contributed by atoms with E-state index >= 15 is 0 Å². The molecule has 102 valence electrons. The fraction of sp³-hybridized carbons (Fsp3) is 0. The molecule has 3 aromatic rings. The summed E-state index contributed by atoms with van der Waals surface area (Å²) in [5.74, 6) is -0.207. The molecule has 0 aliphatic heterocycles. The van der Waals surface area contributed by atoms with E-state index in [1.165, 1.54) is 12.1 Å². The molecule has 1 heterocycles. The van der Waals surface area contributed by atoms with Gasteiger partial charge in [0.05, 0.1) is 10.0 Å². The van der Waals surface area contributed by atoms with Crippen molar-refractivity contribution in [3.63, 3.8) is 0 Å². The van der Waals surface area contributed by atoms with E-state index < -0.39 is 5.82 Å². The van der Waals surface area contributed by atoms with Crippen LogP contribution in [0.3, 0.4) is 0 Å². The quantitative estimate of drug-likeness (QED) is 0.716. The minimum atomic E-state index is -0.605. The van der Waals surface area contributed by atoms with E-state index in [-0.39, 0.29) is 15.7 Å². The van der Waals surface area contributed by atoms with Crippen LogP contribution in [-0.2, 0) is 0 Å². The molecule has 0 aliphatic carbocycles. The third-order valence-electron chi connectivity index (χ3n) is 2.84. The third kappa shape index (κ3) is 2.41. The Labute approximate surface area is 127 Å². The molecular weight excluding hydrogens is 337 g/mol. The van der Waals surface area contributed by atoms with Crippen molar-refractivity contribution in [1.82, 2.24) is 20.2 Å². The Morgan fingerprint density at radius 3 is 2.62 bits per heavy atom. The zero-order valence-corrected chi connectivity index (χ0v) is 12.1. The fourth-order valence-corrected chi connectivity index (χ4v) is 2.22. The standard InChI is InChI=1S/C14H7BrFN5/c15-12-10(8-17)6-7-11(13(12)16)21-19-14(18-20-21)9-4-2-1-3-5-9/h1-7H. The zero-order chi connectivity index (χ0) is 14.8. The molecule has 0 bridgehead atoms. The van der Waals surface area contributed by atoms with Gasteiger partial charge in [0.1, 0.15) is 11.8 Å². The maximum absolute atomic E-state index is 14.2. The molecule has 5 nitrogen and oxygen atoms in total. The first-order valence-electron chi connectivity index (χ1n) is 5.94. The lowest BCUT2D eigenvalue weighted by Gasteiger charge is -2.03. The predicted octanol–water partition coefficient (Wildman–Crippen LogP) is 3.10. The summed E-state index contributed by atoms with van der Waals surface area (Å²) >= 11 is 3.05. The van der Waals surface area contributed by atoms with Gasteiger partial charge in [-0.25, -0.2) is 4.39 Å². The topological polar surface area (TPSA) is 67.4 Å².